The first-order valence-corrected chi connectivity index (χ1v) is 11.6. The fourth-order valence-corrected chi connectivity index (χ4v) is 5.49. The number of benzene rings is 1. The van der Waals surface area contributed by atoms with Gasteiger partial charge in [0, 0.05) is 11.6 Å². The molecule has 1 aromatic rings. The zero-order chi connectivity index (χ0) is 23.1. The second-order valence-electron chi connectivity index (χ2n) is 10.2. The van der Waals surface area contributed by atoms with E-state index in [2.05, 4.69) is 5.32 Å². The SMILES string of the molecule is CC12CCC(C(=O)N(CC(=O)Nc3ccc(C(=O)OC4CCCCC4)cc3)C1=O)C2(C)C. The van der Waals surface area contributed by atoms with Crippen molar-refractivity contribution >= 4 is 29.4 Å². The van der Waals surface area contributed by atoms with Gasteiger partial charge in [0.2, 0.25) is 17.7 Å². The summed E-state index contributed by atoms with van der Waals surface area (Å²) in [7, 11) is 0. The summed E-state index contributed by atoms with van der Waals surface area (Å²) < 4.78 is 5.57. The summed E-state index contributed by atoms with van der Waals surface area (Å²) in [5, 5.41) is 2.72. The molecule has 2 saturated carbocycles. The number of piperidine rings is 1. The number of rotatable bonds is 5. The van der Waals surface area contributed by atoms with Crippen LogP contribution in [0.25, 0.3) is 0 Å². The molecule has 1 aromatic carbocycles. The van der Waals surface area contributed by atoms with Gasteiger partial charge in [-0.25, -0.2) is 4.79 Å². The number of hydrogen-bond donors (Lipinski definition) is 1. The quantitative estimate of drug-likeness (QED) is 0.553. The van der Waals surface area contributed by atoms with Crippen molar-refractivity contribution in [2.45, 2.75) is 71.8 Å². The molecule has 1 saturated heterocycles. The average molecular weight is 441 g/mol. The Morgan fingerprint density at radius 2 is 1.69 bits per heavy atom. The second-order valence-corrected chi connectivity index (χ2v) is 10.2. The van der Waals surface area contributed by atoms with Crippen molar-refractivity contribution in [1.29, 1.82) is 0 Å². The summed E-state index contributed by atoms with van der Waals surface area (Å²) in [6, 6.07) is 6.48. The Morgan fingerprint density at radius 1 is 1.03 bits per heavy atom. The Bertz CT molecular complexity index is 932. The zero-order valence-corrected chi connectivity index (χ0v) is 19.1. The molecule has 7 nitrogen and oxygen atoms in total. The third-order valence-corrected chi connectivity index (χ3v) is 8.04. The molecule has 1 N–H and O–H groups in total. The molecule has 2 aliphatic carbocycles. The van der Waals surface area contributed by atoms with Gasteiger partial charge in [-0.2, -0.15) is 0 Å². The molecular weight excluding hydrogens is 408 g/mol. The van der Waals surface area contributed by atoms with Gasteiger partial charge in [-0.05, 0) is 68.2 Å². The van der Waals surface area contributed by atoms with E-state index in [-0.39, 0.29) is 36.4 Å². The molecule has 0 radical (unpaired) electrons. The van der Waals surface area contributed by atoms with Crippen LogP contribution >= 0.6 is 0 Å². The summed E-state index contributed by atoms with van der Waals surface area (Å²) in [5.74, 6) is -1.56. The first-order valence-electron chi connectivity index (χ1n) is 11.6. The molecule has 0 aromatic heterocycles. The highest BCUT2D eigenvalue weighted by atomic mass is 16.5. The van der Waals surface area contributed by atoms with Crippen molar-refractivity contribution in [3.05, 3.63) is 29.8 Å². The van der Waals surface area contributed by atoms with Crippen LogP contribution in [-0.4, -0.2) is 41.2 Å². The van der Waals surface area contributed by atoms with E-state index in [0.29, 0.717) is 24.1 Å². The standard InChI is InChI=1S/C25H32N2O5/c1-24(2)19-13-14-25(24,3)23(31)27(21(19)29)15-20(28)26-17-11-9-16(10-12-17)22(30)32-18-7-5-4-6-8-18/h9-12,18-19H,4-8,13-15H2,1-3H3,(H,26,28). The Balaban J connectivity index is 1.36. The van der Waals surface area contributed by atoms with Crippen LogP contribution in [0.15, 0.2) is 24.3 Å². The summed E-state index contributed by atoms with van der Waals surface area (Å²) >= 11 is 0. The molecule has 1 aliphatic heterocycles. The van der Waals surface area contributed by atoms with Gasteiger partial charge in [0.1, 0.15) is 12.6 Å². The molecule has 1 heterocycles. The van der Waals surface area contributed by atoms with Gasteiger partial charge in [-0.1, -0.05) is 27.2 Å². The van der Waals surface area contributed by atoms with Gasteiger partial charge in [-0.15, -0.1) is 0 Å². The van der Waals surface area contributed by atoms with E-state index in [1.54, 1.807) is 24.3 Å². The lowest BCUT2D eigenvalue weighted by Gasteiger charge is -2.47. The third kappa shape index (κ3) is 3.82. The Morgan fingerprint density at radius 3 is 2.34 bits per heavy atom. The van der Waals surface area contributed by atoms with Crippen LogP contribution in [0.5, 0.6) is 0 Å². The fraction of sp³-hybridized carbons (Fsp3) is 0.600. The molecule has 2 unspecified atom stereocenters. The second kappa shape index (κ2) is 8.34. The summed E-state index contributed by atoms with van der Waals surface area (Å²) in [4.78, 5) is 52.0. The Hall–Kier alpha value is -2.70. The van der Waals surface area contributed by atoms with Crippen LogP contribution in [0.4, 0.5) is 5.69 Å². The highest BCUT2D eigenvalue weighted by Crippen LogP contribution is 2.59. The maximum atomic E-state index is 13.1. The zero-order valence-electron chi connectivity index (χ0n) is 19.1. The van der Waals surface area contributed by atoms with E-state index in [9.17, 15) is 19.2 Å². The predicted octanol–water partition coefficient (Wildman–Crippen LogP) is 3.93. The van der Waals surface area contributed by atoms with Gasteiger partial charge in [-0.3, -0.25) is 19.3 Å². The van der Waals surface area contributed by atoms with Crippen molar-refractivity contribution in [3.63, 3.8) is 0 Å². The van der Waals surface area contributed by atoms with Crippen molar-refractivity contribution < 1.29 is 23.9 Å². The van der Waals surface area contributed by atoms with E-state index in [4.69, 9.17) is 4.74 Å². The molecule has 3 fully saturated rings. The van der Waals surface area contributed by atoms with Crippen LogP contribution in [0.1, 0.15) is 76.1 Å². The number of imide groups is 1. The minimum absolute atomic E-state index is 0.0163. The van der Waals surface area contributed by atoms with Crippen LogP contribution in [0.2, 0.25) is 0 Å². The molecule has 7 heteroatoms. The van der Waals surface area contributed by atoms with Crippen molar-refractivity contribution in [2.75, 3.05) is 11.9 Å². The number of esters is 1. The highest BCUT2D eigenvalue weighted by molar-refractivity contribution is 6.07. The van der Waals surface area contributed by atoms with Gasteiger partial charge in [0.25, 0.3) is 0 Å². The summed E-state index contributed by atoms with van der Waals surface area (Å²) in [6.45, 7) is 5.54. The highest BCUT2D eigenvalue weighted by Gasteiger charge is 2.64. The average Bonchev–Trinajstić information content (AvgIpc) is 2.96. The van der Waals surface area contributed by atoms with E-state index in [1.165, 1.54) is 6.42 Å². The maximum absolute atomic E-state index is 13.1. The van der Waals surface area contributed by atoms with Crippen LogP contribution in [0, 0.1) is 16.7 Å². The molecule has 32 heavy (non-hydrogen) atoms. The minimum Gasteiger partial charge on any atom is -0.459 e. The molecule has 0 spiro atoms. The number of likely N-dealkylation sites (tertiary alicyclic amines) is 1. The lowest BCUT2D eigenvalue weighted by atomic mass is 9.62. The summed E-state index contributed by atoms with van der Waals surface area (Å²) in [6.07, 6.45) is 6.49. The van der Waals surface area contributed by atoms with Crippen LogP contribution < -0.4 is 5.32 Å². The lowest BCUT2D eigenvalue weighted by molar-refractivity contribution is -0.168. The third-order valence-electron chi connectivity index (χ3n) is 8.04. The first-order chi connectivity index (χ1) is 15.1. The topological polar surface area (TPSA) is 92.8 Å². The molecule has 4 rings (SSSR count). The number of hydrogen-bond acceptors (Lipinski definition) is 5. The van der Waals surface area contributed by atoms with E-state index < -0.39 is 16.7 Å². The summed E-state index contributed by atoms with van der Waals surface area (Å²) in [5.41, 5.74) is -0.111. The molecule has 3 amide bonds. The van der Waals surface area contributed by atoms with Gasteiger partial charge in [0.05, 0.1) is 11.0 Å². The smallest absolute Gasteiger partial charge is 0.338 e. The number of fused-ring (bicyclic) bond motifs is 2. The number of carbonyl (C=O) groups is 4. The van der Waals surface area contributed by atoms with Crippen molar-refractivity contribution in [1.82, 2.24) is 4.90 Å². The molecule has 3 aliphatic rings. The van der Waals surface area contributed by atoms with E-state index in [1.807, 2.05) is 20.8 Å². The molecule has 172 valence electrons. The monoisotopic (exact) mass is 440 g/mol. The largest absolute Gasteiger partial charge is 0.459 e. The van der Waals surface area contributed by atoms with Gasteiger partial charge < -0.3 is 10.1 Å². The number of carbonyl (C=O) groups excluding carboxylic acids is 4. The normalized spacial score (nSPS) is 27.3. The predicted molar refractivity (Wildman–Crippen MR) is 119 cm³/mol. The van der Waals surface area contributed by atoms with Gasteiger partial charge in [0.15, 0.2) is 0 Å². The van der Waals surface area contributed by atoms with Crippen molar-refractivity contribution in [3.8, 4) is 0 Å². The van der Waals surface area contributed by atoms with Crippen LogP contribution in [0.3, 0.4) is 0 Å². The molecular formula is C25H32N2O5. The first kappa shape index (κ1) is 22.5. The fourth-order valence-electron chi connectivity index (χ4n) is 5.49. The van der Waals surface area contributed by atoms with Crippen molar-refractivity contribution in [2.24, 2.45) is 16.7 Å². The van der Waals surface area contributed by atoms with Gasteiger partial charge >= 0.3 is 5.97 Å². The Kier molecular flexibility index (Phi) is 5.86. The number of anilines is 1. The maximum Gasteiger partial charge on any atom is 0.338 e. The van der Waals surface area contributed by atoms with E-state index >= 15 is 0 Å². The number of ether oxygens (including phenoxy) is 1. The number of amides is 3. The lowest BCUT2D eigenvalue weighted by Crippen LogP contribution is -2.60. The minimum atomic E-state index is -0.633. The molecule has 2 bridgehead atoms. The number of nitrogens with one attached hydrogen (secondary N) is 1. The van der Waals surface area contributed by atoms with Crippen LogP contribution in [-0.2, 0) is 19.1 Å². The Labute approximate surface area is 188 Å². The molecule has 2 atom stereocenters. The van der Waals surface area contributed by atoms with E-state index in [0.717, 1.165) is 30.6 Å². The number of nitrogens with zero attached hydrogens (tertiary/aromatic N) is 1.